The number of hydrogen-bond acceptors (Lipinski definition) is 2. The van der Waals surface area contributed by atoms with Crippen molar-refractivity contribution in [3.8, 4) is 0 Å². The molecule has 0 saturated heterocycles. The molecule has 1 aromatic carbocycles. The first-order chi connectivity index (χ1) is 11.6. The van der Waals surface area contributed by atoms with Gasteiger partial charge in [0.15, 0.2) is 9.84 Å². The van der Waals surface area contributed by atoms with Crippen molar-refractivity contribution in [2.24, 2.45) is 5.41 Å². The Morgan fingerprint density at radius 1 is 1.16 bits per heavy atom. The van der Waals surface area contributed by atoms with Gasteiger partial charge in [0.05, 0.1) is 10.6 Å². The van der Waals surface area contributed by atoms with Gasteiger partial charge in [-0.2, -0.15) is 0 Å². The molecule has 0 aromatic heterocycles. The van der Waals surface area contributed by atoms with E-state index in [0.717, 1.165) is 17.6 Å². The highest BCUT2D eigenvalue weighted by Crippen LogP contribution is 2.40. The lowest BCUT2D eigenvalue weighted by Gasteiger charge is -2.32. The van der Waals surface area contributed by atoms with Crippen LogP contribution >= 0.6 is 0 Å². The van der Waals surface area contributed by atoms with E-state index in [-0.39, 0.29) is 11.2 Å². The average molecular weight is 359 g/mol. The molecule has 0 spiro atoms. The first kappa shape index (κ1) is 19.7. The molecule has 0 bridgehead atoms. The fourth-order valence-corrected chi connectivity index (χ4v) is 4.60. The van der Waals surface area contributed by atoms with Crippen molar-refractivity contribution in [1.29, 1.82) is 0 Å². The van der Waals surface area contributed by atoms with Crippen LogP contribution in [0.5, 0.6) is 0 Å². The van der Waals surface area contributed by atoms with E-state index in [0.29, 0.717) is 4.90 Å². The second-order valence-corrected chi connectivity index (χ2v) is 9.84. The summed E-state index contributed by atoms with van der Waals surface area (Å²) >= 11 is 0. The van der Waals surface area contributed by atoms with E-state index >= 15 is 0 Å². The second-order valence-electron chi connectivity index (χ2n) is 7.81. The van der Waals surface area contributed by atoms with Crippen LogP contribution < -0.4 is 0 Å². The molecular formula is C22H30O2S. The van der Waals surface area contributed by atoms with Crippen molar-refractivity contribution in [2.75, 3.05) is 5.75 Å². The number of hydrogen-bond donors (Lipinski definition) is 0. The topological polar surface area (TPSA) is 34.1 Å². The highest BCUT2D eigenvalue weighted by molar-refractivity contribution is 7.91. The fraction of sp³-hybridized carbons (Fsp3) is 0.455. The predicted octanol–water partition coefficient (Wildman–Crippen LogP) is 5.80. The lowest BCUT2D eigenvalue weighted by Crippen LogP contribution is -2.19. The SMILES string of the molecule is CC(C=CC1=C(C)CCCC1(C)C)=CCS(=O)(=O)c1ccc(C)cc1. The Bertz CT molecular complexity index is 804. The molecule has 0 radical (unpaired) electrons. The minimum atomic E-state index is -3.27. The van der Waals surface area contributed by atoms with E-state index in [9.17, 15) is 8.42 Å². The molecule has 0 aliphatic heterocycles. The number of benzene rings is 1. The molecule has 0 heterocycles. The molecular weight excluding hydrogens is 328 g/mol. The maximum absolute atomic E-state index is 12.4. The average Bonchev–Trinajstić information content (AvgIpc) is 2.52. The van der Waals surface area contributed by atoms with Gasteiger partial charge in [-0.3, -0.25) is 0 Å². The third-order valence-corrected chi connectivity index (χ3v) is 6.66. The predicted molar refractivity (Wildman–Crippen MR) is 106 cm³/mol. The van der Waals surface area contributed by atoms with Gasteiger partial charge < -0.3 is 0 Å². The molecule has 1 aliphatic carbocycles. The summed E-state index contributed by atoms with van der Waals surface area (Å²) in [6.45, 7) is 10.7. The molecule has 0 amide bonds. The molecule has 2 rings (SSSR count). The van der Waals surface area contributed by atoms with Crippen molar-refractivity contribution in [3.63, 3.8) is 0 Å². The van der Waals surface area contributed by atoms with Crippen LogP contribution in [0.25, 0.3) is 0 Å². The normalized spacial score (nSPS) is 18.8. The summed E-state index contributed by atoms with van der Waals surface area (Å²) in [5, 5.41) is 0. The van der Waals surface area contributed by atoms with E-state index < -0.39 is 9.84 Å². The van der Waals surface area contributed by atoms with Crippen molar-refractivity contribution < 1.29 is 8.42 Å². The van der Waals surface area contributed by atoms with Crippen LogP contribution in [0.1, 0.15) is 52.5 Å². The van der Waals surface area contributed by atoms with Gasteiger partial charge in [0.25, 0.3) is 0 Å². The van der Waals surface area contributed by atoms with Crippen LogP contribution in [-0.4, -0.2) is 14.2 Å². The lowest BCUT2D eigenvalue weighted by molar-refractivity contribution is 0.377. The zero-order valence-corrected chi connectivity index (χ0v) is 16.9. The molecule has 1 aromatic rings. The Kier molecular flexibility index (Phi) is 6.10. The largest absolute Gasteiger partial charge is 0.223 e. The summed E-state index contributed by atoms with van der Waals surface area (Å²) in [6, 6.07) is 7.04. The van der Waals surface area contributed by atoms with Gasteiger partial charge in [-0.1, -0.05) is 60.9 Å². The van der Waals surface area contributed by atoms with Gasteiger partial charge in [-0.15, -0.1) is 0 Å². The third kappa shape index (κ3) is 5.18. The lowest BCUT2D eigenvalue weighted by atomic mass is 9.72. The van der Waals surface area contributed by atoms with E-state index in [4.69, 9.17) is 0 Å². The summed E-state index contributed by atoms with van der Waals surface area (Å²) in [6.07, 6.45) is 9.65. The smallest absolute Gasteiger partial charge is 0.181 e. The van der Waals surface area contributed by atoms with Crippen molar-refractivity contribution >= 4 is 9.84 Å². The zero-order chi connectivity index (χ0) is 18.7. The number of allylic oxidation sites excluding steroid dienone is 5. The van der Waals surface area contributed by atoms with Gasteiger partial charge >= 0.3 is 0 Å². The Labute approximate surface area is 153 Å². The van der Waals surface area contributed by atoms with Crippen LogP contribution in [0.3, 0.4) is 0 Å². The van der Waals surface area contributed by atoms with Crippen LogP contribution in [0.15, 0.2) is 64.1 Å². The molecule has 1 aliphatic rings. The summed E-state index contributed by atoms with van der Waals surface area (Å²) in [7, 11) is -3.27. The second kappa shape index (κ2) is 7.74. The van der Waals surface area contributed by atoms with Crippen molar-refractivity contribution in [1.82, 2.24) is 0 Å². The number of sulfone groups is 1. The third-order valence-electron chi connectivity index (χ3n) is 5.06. The standard InChI is InChI=1S/C22H30O2S/c1-17-8-11-20(12-9-17)25(23,24)16-14-18(2)10-13-21-19(3)7-6-15-22(21,4)5/h8-14H,6-7,15-16H2,1-5H3. The summed E-state index contributed by atoms with van der Waals surface area (Å²) < 4.78 is 24.9. The molecule has 136 valence electrons. The van der Waals surface area contributed by atoms with Gasteiger partial charge in [0.2, 0.25) is 0 Å². The molecule has 2 nitrogen and oxygen atoms in total. The zero-order valence-electron chi connectivity index (χ0n) is 16.1. The molecule has 0 fully saturated rings. The van der Waals surface area contributed by atoms with Gasteiger partial charge in [-0.25, -0.2) is 8.42 Å². The molecule has 0 saturated carbocycles. The van der Waals surface area contributed by atoms with E-state index in [2.05, 4.69) is 32.9 Å². The Morgan fingerprint density at radius 2 is 1.80 bits per heavy atom. The van der Waals surface area contributed by atoms with E-state index in [1.807, 2.05) is 26.0 Å². The fourth-order valence-electron chi connectivity index (χ4n) is 3.38. The molecule has 0 unspecified atom stereocenters. The maximum atomic E-state index is 12.4. The van der Waals surface area contributed by atoms with Gasteiger partial charge in [-0.05, 0) is 63.2 Å². The maximum Gasteiger partial charge on any atom is 0.181 e. The van der Waals surface area contributed by atoms with Gasteiger partial charge in [0, 0.05) is 0 Å². The highest BCUT2D eigenvalue weighted by Gasteiger charge is 2.26. The van der Waals surface area contributed by atoms with E-state index in [1.165, 1.54) is 24.0 Å². The molecule has 25 heavy (non-hydrogen) atoms. The monoisotopic (exact) mass is 358 g/mol. The van der Waals surface area contributed by atoms with Crippen LogP contribution in [-0.2, 0) is 9.84 Å². The van der Waals surface area contributed by atoms with Crippen LogP contribution in [0, 0.1) is 12.3 Å². The Hall–Kier alpha value is -1.61. The van der Waals surface area contributed by atoms with Crippen molar-refractivity contribution in [2.45, 2.75) is 58.8 Å². The highest BCUT2D eigenvalue weighted by atomic mass is 32.2. The number of rotatable bonds is 5. The first-order valence-corrected chi connectivity index (χ1v) is 10.6. The minimum absolute atomic E-state index is 0.0354. The summed E-state index contributed by atoms with van der Waals surface area (Å²) in [5.74, 6) is 0.0354. The minimum Gasteiger partial charge on any atom is -0.223 e. The molecule has 0 atom stereocenters. The van der Waals surface area contributed by atoms with Gasteiger partial charge in [0.1, 0.15) is 0 Å². The molecule has 3 heteroatoms. The summed E-state index contributed by atoms with van der Waals surface area (Å²) in [5.41, 5.74) is 5.10. The Balaban J connectivity index is 2.12. The van der Waals surface area contributed by atoms with Crippen LogP contribution in [0.2, 0.25) is 0 Å². The quantitative estimate of drug-likeness (QED) is 0.624. The number of aryl methyl sites for hydroxylation is 1. The Morgan fingerprint density at radius 3 is 2.40 bits per heavy atom. The first-order valence-electron chi connectivity index (χ1n) is 8.96. The van der Waals surface area contributed by atoms with Crippen LogP contribution in [0.4, 0.5) is 0 Å². The molecule has 0 N–H and O–H groups in total. The summed E-state index contributed by atoms with van der Waals surface area (Å²) in [4.78, 5) is 0.387. The van der Waals surface area contributed by atoms with Crippen molar-refractivity contribution in [3.05, 3.63) is 64.8 Å². The van der Waals surface area contributed by atoms with E-state index in [1.54, 1.807) is 18.2 Å².